The number of aromatic nitrogens is 4. The Bertz CT molecular complexity index is 880. The molecule has 1 atom stereocenters. The highest BCUT2D eigenvalue weighted by Crippen LogP contribution is 2.38. The molecule has 1 unspecified atom stereocenters. The maximum Gasteiger partial charge on any atom is 0.178 e. The second kappa shape index (κ2) is 6.68. The minimum Gasteiger partial charge on any atom is -0.361 e. The number of anilines is 1. The van der Waals surface area contributed by atoms with E-state index in [0.717, 1.165) is 23.8 Å². The Balaban J connectivity index is 1.43. The first kappa shape index (κ1) is 15.8. The Morgan fingerprint density at radius 2 is 1.81 bits per heavy atom. The molecule has 6 heteroatoms. The molecule has 26 heavy (non-hydrogen) atoms. The van der Waals surface area contributed by atoms with E-state index < -0.39 is 0 Å². The fourth-order valence-corrected chi connectivity index (χ4v) is 3.80. The highest BCUT2D eigenvalue weighted by atomic mass is 15.4. The standard InChI is InChI=1S/C20H24N6/c1-2-6-15(7-3-1)17(14-25-12-4-5-13-25)21-18-10-11-19-22-23-20(16-8-9-16)26(19)24-18/h1-3,6-7,10-11,16-17H,4-5,8-9,12-14H2,(H,21,24). The van der Waals surface area contributed by atoms with Gasteiger partial charge in [-0.3, -0.25) is 0 Å². The molecule has 2 aliphatic rings. The molecule has 0 spiro atoms. The Morgan fingerprint density at radius 3 is 2.58 bits per heavy atom. The lowest BCUT2D eigenvalue weighted by atomic mass is 10.1. The van der Waals surface area contributed by atoms with Crippen LogP contribution in [0.3, 0.4) is 0 Å². The van der Waals surface area contributed by atoms with Gasteiger partial charge in [0.2, 0.25) is 0 Å². The van der Waals surface area contributed by atoms with Crippen molar-refractivity contribution in [3.05, 3.63) is 53.9 Å². The predicted molar refractivity (Wildman–Crippen MR) is 101 cm³/mol. The van der Waals surface area contributed by atoms with Gasteiger partial charge in [-0.25, -0.2) is 0 Å². The van der Waals surface area contributed by atoms with Crippen molar-refractivity contribution in [2.24, 2.45) is 0 Å². The maximum absolute atomic E-state index is 4.80. The van der Waals surface area contributed by atoms with Gasteiger partial charge in [-0.1, -0.05) is 30.3 Å². The largest absolute Gasteiger partial charge is 0.361 e. The second-order valence-electron chi connectivity index (χ2n) is 7.44. The average Bonchev–Trinajstić information content (AvgIpc) is 3.23. The molecule has 1 aliphatic heterocycles. The Morgan fingerprint density at radius 1 is 1.00 bits per heavy atom. The number of fused-ring (bicyclic) bond motifs is 1. The minimum atomic E-state index is 0.222. The molecule has 0 bridgehead atoms. The number of nitrogens with one attached hydrogen (secondary N) is 1. The lowest BCUT2D eigenvalue weighted by Gasteiger charge is -2.25. The monoisotopic (exact) mass is 348 g/mol. The van der Waals surface area contributed by atoms with Crippen molar-refractivity contribution in [1.82, 2.24) is 24.7 Å². The first-order chi connectivity index (χ1) is 12.9. The third-order valence-electron chi connectivity index (χ3n) is 5.39. The molecule has 6 nitrogen and oxygen atoms in total. The van der Waals surface area contributed by atoms with E-state index in [1.165, 1.54) is 44.3 Å². The first-order valence-corrected chi connectivity index (χ1v) is 9.63. The lowest BCUT2D eigenvalue weighted by molar-refractivity contribution is 0.323. The SMILES string of the molecule is c1ccc(C(CN2CCCC2)Nc2ccc3nnc(C4CC4)n3n2)cc1. The van der Waals surface area contributed by atoms with Crippen LogP contribution in [0.1, 0.15) is 49.0 Å². The Hall–Kier alpha value is -2.47. The third-order valence-corrected chi connectivity index (χ3v) is 5.39. The summed E-state index contributed by atoms with van der Waals surface area (Å²) in [5.41, 5.74) is 2.13. The molecule has 0 radical (unpaired) electrons. The fourth-order valence-electron chi connectivity index (χ4n) is 3.80. The Kier molecular flexibility index (Phi) is 4.05. The summed E-state index contributed by atoms with van der Waals surface area (Å²) < 4.78 is 1.91. The normalized spacial score (nSPS) is 19.1. The molecule has 1 saturated carbocycles. The van der Waals surface area contributed by atoms with Crippen molar-refractivity contribution >= 4 is 11.5 Å². The maximum atomic E-state index is 4.80. The van der Waals surface area contributed by atoms with E-state index in [1.54, 1.807) is 0 Å². The molecule has 5 rings (SSSR count). The van der Waals surface area contributed by atoms with Crippen molar-refractivity contribution < 1.29 is 0 Å². The smallest absolute Gasteiger partial charge is 0.178 e. The van der Waals surface area contributed by atoms with Crippen LogP contribution in [0.5, 0.6) is 0 Å². The van der Waals surface area contributed by atoms with Gasteiger partial charge in [-0.05, 0) is 56.5 Å². The van der Waals surface area contributed by atoms with E-state index in [-0.39, 0.29) is 6.04 Å². The fraction of sp³-hybridized carbons (Fsp3) is 0.450. The quantitative estimate of drug-likeness (QED) is 0.741. The summed E-state index contributed by atoms with van der Waals surface area (Å²) in [6.45, 7) is 3.38. The molecule has 2 fully saturated rings. The molecule has 1 N–H and O–H groups in total. The number of rotatable bonds is 6. The van der Waals surface area contributed by atoms with Gasteiger partial charge in [0.05, 0.1) is 6.04 Å². The molecule has 1 aromatic carbocycles. The van der Waals surface area contributed by atoms with Crippen LogP contribution in [-0.2, 0) is 0 Å². The van der Waals surface area contributed by atoms with E-state index in [1.807, 2.05) is 16.6 Å². The van der Waals surface area contributed by atoms with Crippen LogP contribution in [-0.4, -0.2) is 44.3 Å². The summed E-state index contributed by atoms with van der Waals surface area (Å²) in [5.74, 6) is 2.41. The van der Waals surface area contributed by atoms with Crippen LogP contribution < -0.4 is 5.32 Å². The van der Waals surface area contributed by atoms with Gasteiger partial charge >= 0.3 is 0 Å². The van der Waals surface area contributed by atoms with Gasteiger partial charge in [-0.2, -0.15) is 4.52 Å². The Labute approximate surface area is 153 Å². The molecule has 3 heterocycles. The summed E-state index contributed by atoms with van der Waals surface area (Å²) in [7, 11) is 0. The van der Waals surface area contributed by atoms with Crippen LogP contribution in [0, 0.1) is 0 Å². The van der Waals surface area contributed by atoms with E-state index >= 15 is 0 Å². The summed E-state index contributed by atoms with van der Waals surface area (Å²) in [4.78, 5) is 2.54. The lowest BCUT2D eigenvalue weighted by Crippen LogP contribution is -2.29. The van der Waals surface area contributed by atoms with E-state index in [9.17, 15) is 0 Å². The van der Waals surface area contributed by atoms with Gasteiger partial charge in [0.25, 0.3) is 0 Å². The summed E-state index contributed by atoms with van der Waals surface area (Å²) in [6, 6.07) is 14.9. The zero-order chi connectivity index (χ0) is 17.3. The topological polar surface area (TPSA) is 58.3 Å². The highest BCUT2D eigenvalue weighted by molar-refractivity contribution is 5.46. The number of benzene rings is 1. The summed E-state index contributed by atoms with van der Waals surface area (Å²) in [6.07, 6.45) is 5.00. The van der Waals surface area contributed by atoms with Crippen LogP contribution in [0.15, 0.2) is 42.5 Å². The van der Waals surface area contributed by atoms with Gasteiger partial charge in [0.15, 0.2) is 11.5 Å². The summed E-state index contributed by atoms with van der Waals surface area (Å²) >= 11 is 0. The van der Waals surface area contributed by atoms with E-state index in [0.29, 0.717) is 5.92 Å². The van der Waals surface area contributed by atoms with Crippen LogP contribution in [0.2, 0.25) is 0 Å². The van der Waals surface area contributed by atoms with Crippen molar-refractivity contribution in [1.29, 1.82) is 0 Å². The molecular weight excluding hydrogens is 324 g/mol. The average molecular weight is 348 g/mol. The van der Waals surface area contributed by atoms with Crippen molar-refractivity contribution in [2.75, 3.05) is 25.0 Å². The van der Waals surface area contributed by atoms with Crippen molar-refractivity contribution in [2.45, 2.75) is 37.6 Å². The molecule has 2 aromatic heterocycles. The minimum absolute atomic E-state index is 0.222. The third kappa shape index (κ3) is 3.17. The second-order valence-corrected chi connectivity index (χ2v) is 7.44. The first-order valence-electron chi connectivity index (χ1n) is 9.63. The molecule has 0 amide bonds. The summed E-state index contributed by atoms with van der Waals surface area (Å²) in [5, 5.41) is 17.0. The molecule has 134 valence electrons. The van der Waals surface area contributed by atoms with Crippen LogP contribution in [0.25, 0.3) is 5.65 Å². The van der Waals surface area contributed by atoms with E-state index in [2.05, 4.69) is 50.7 Å². The van der Waals surface area contributed by atoms with Gasteiger partial charge in [0, 0.05) is 12.5 Å². The molecular formula is C20H24N6. The van der Waals surface area contributed by atoms with Gasteiger partial charge < -0.3 is 10.2 Å². The van der Waals surface area contributed by atoms with Gasteiger partial charge in [0.1, 0.15) is 5.82 Å². The predicted octanol–water partition coefficient (Wildman–Crippen LogP) is 3.25. The van der Waals surface area contributed by atoms with Gasteiger partial charge in [-0.15, -0.1) is 15.3 Å². The molecule has 3 aromatic rings. The van der Waals surface area contributed by atoms with Crippen molar-refractivity contribution in [3.63, 3.8) is 0 Å². The molecule has 1 saturated heterocycles. The number of hydrogen-bond donors (Lipinski definition) is 1. The zero-order valence-electron chi connectivity index (χ0n) is 14.9. The number of likely N-dealkylation sites (tertiary alicyclic amines) is 1. The highest BCUT2D eigenvalue weighted by Gasteiger charge is 2.29. The van der Waals surface area contributed by atoms with Crippen LogP contribution >= 0.6 is 0 Å². The van der Waals surface area contributed by atoms with Crippen LogP contribution in [0.4, 0.5) is 5.82 Å². The zero-order valence-corrected chi connectivity index (χ0v) is 14.9. The molecule has 1 aliphatic carbocycles. The van der Waals surface area contributed by atoms with E-state index in [4.69, 9.17) is 5.10 Å². The number of hydrogen-bond acceptors (Lipinski definition) is 5. The van der Waals surface area contributed by atoms with Crippen molar-refractivity contribution in [3.8, 4) is 0 Å². The number of nitrogens with zero attached hydrogens (tertiary/aromatic N) is 5.